The third-order valence-corrected chi connectivity index (χ3v) is 4.59. The van der Waals surface area contributed by atoms with Gasteiger partial charge >= 0.3 is 121 Å². The second-order valence-electron chi connectivity index (χ2n) is 5.42. The molecule has 3 rings (SSSR count). The van der Waals surface area contributed by atoms with Gasteiger partial charge in [-0.25, -0.2) is 0 Å². The number of nitrogens with zero attached hydrogens (tertiary/aromatic N) is 4. The van der Waals surface area contributed by atoms with E-state index in [1.807, 2.05) is 0 Å². The fourth-order valence-electron chi connectivity index (χ4n) is 2.43. The summed E-state index contributed by atoms with van der Waals surface area (Å²) < 4.78 is 1.06. The van der Waals surface area contributed by atoms with Crippen LogP contribution in [0.2, 0.25) is 5.28 Å². The van der Waals surface area contributed by atoms with Gasteiger partial charge in [-0.1, -0.05) is 0 Å². The van der Waals surface area contributed by atoms with Crippen LogP contribution in [0.1, 0.15) is 26.7 Å². The monoisotopic (exact) mass is 328 g/mol. The summed E-state index contributed by atoms with van der Waals surface area (Å²) in [5.74, 6) is 1.89. The number of anilines is 2. The van der Waals surface area contributed by atoms with E-state index in [1.54, 1.807) is 0 Å². The van der Waals surface area contributed by atoms with Gasteiger partial charge in [0.1, 0.15) is 0 Å². The van der Waals surface area contributed by atoms with E-state index in [2.05, 4.69) is 33.6 Å². The molecule has 4 nitrogen and oxygen atoms in total. The summed E-state index contributed by atoms with van der Waals surface area (Å²) in [7, 11) is 0. The molecule has 0 amide bonds. The quantitative estimate of drug-likeness (QED) is 0.607. The maximum atomic E-state index is 6.01. The molecule has 0 saturated heterocycles. The first kappa shape index (κ1) is 12.6. The van der Waals surface area contributed by atoms with Crippen molar-refractivity contribution in [1.29, 1.82) is 0 Å². The molecule has 1 aromatic heterocycles. The summed E-state index contributed by atoms with van der Waals surface area (Å²) in [6.07, 6.45) is 2.73. The molecule has 1 atom stereocenters. The SMILES string of the molecule is CC(C)N1CN(CC2CC2)c2c([AsH2])nc(Cl)nc21. The Hall–Kier alpha value is -0.472. The molecule has 2 aliphatic rings. The van der Waals surface area contributed by atoms with Gasteiger partial charge in [0, 0.05) is 0 Å². The normalized spacial score (nSPS) is 18.7. The molecule has 1 unspecified atom stereocenters. The zero-order valence-electron chi connectivity index (χ0n) is 10.7. The number of fused-ring (bicyclic) bond motifs is 1. The predicted molar refractivity (Wildman–Crippen MR) is 77.8 cm³/mol. The number of aromatic nitrogens is 2. The van der Waals surface area contributed by atoms with E-state index < -0.39 is 0 Å². The first-order chi connectivity index (χ1) is 8.56. The van der Waals surface area contributed by atoms with Gasteiger partial charge in [0.2, 0.25) is 0 Å². The van der Waals surface area contributed by atoms with E-state index >= 15 is 0 Å². The molecular formula is C12H18AsClN4. The predicted octanol–water partition coefficient (Wildman–Crippen LogP) is 0.791. The van der Waals surface area contributed by atoms with E-state index in [-0.39, 0.29) is 0 Å². The van der Waals surface area contributed by atoms with Gasteiger partial charge in [-0.2, -0.15) is 0 Å². The van der Waals surface area contributed by atoms with Crippen LogP contribution in [-0.4, -0.2) is 46.1 Å². The minimum atomic E-state index is 0.368. The van der Waals surface area contributed by atoms with Crippen LogP contribution in [0.15, 0.2) is 0 Å². The van der Waals surface area contributed by atoms with Crippen molar-refractivity contribution in [2.75, 3.05) is 23.0 Å². The van der Waals surface area contributed by atoms with Gasteiger partial charge in [0.15, 0.2) is 0 Å². The second-order valence-corrected chi connectivity index (χ2v) is 6.91. The molecular weight excluding hydrogens is 311 g/mol. The molecule has 6 heteroatoms. The average molecular weight is 329 g/mol. The number of rotatable bonds is 3. The topological polar surface area (TPSA) is 32.3 Å². The van der Waals surface area contributed by atoms with E-state index in [4.69, 9.17) is 11.6 Å². The van der Waals surface area contributed by atoms with Crippen molar-refractivity contribution < 1.29 is 0 Å². The van der Waals surface area contributed by atoms with Crippen LogP contribution in [0.4, 0.5) is 11.5 Å². The summed E-state index contributed by atoms with van der Waals surface area (Å²) in [6, 6.07) is 0.436. The minimum absolute atomic E-state index is 0.368. The van der Waals surface area contributed by atoms with Crippen molar-refractivity contribution in [2.24, 2.45) is 5.92 Å². The summed E-state index contributed by atoms with van der Waals surface area (Å²) in [6.45, 7) is 6.45. The van der Waals surface area contributed by atoms with Crippen LogP contribution in [0.3, 0.4) is 0 Å². The van der Waals surface area contributed by atoms with Gasteiger partial charge in [-0.05, 0) is 0 Å². The molecule has 1 aliphatic carbocycles. The Bertz CT molecular complexity index is 475. The molecule has 98 valence electrons. The molecule has 1 aromatic rings. The van der Waals surface area contributed by atoms with Gasteiger partial charge in [-0.3, -0.25) is 0 Å². The zero-order valence-corrected chi connectivity index (χ0v) is 13.9. The molecule has 0 aromatic carbocycles. The molecule has 1 aliphatic heterocycles. The standard InChI is InChI=1S/C12H18AsClN4/c1-7(2)18-6-17(5-8-3-4-8)9-10(13)15-12(14)16-11(9)18/h7-8H,3-6,13H2,1-2H3. The van der Waals surface area contributed by atoms with E-state index in [9.17, 15) is 0 Å². The van der Waals surface area contributed by atoms with Crippen molar-refractivity contribution in [3.63, 3.8) is 0 Å². The van der Waals surface area contributed by atoms with Gasteiger partial charge < -0.3 is 0 Å². The number of hydrogen-bond donors (Lipinski definition) is 0. The first-order valence-corrected chi connectivity index (χ1v) is 7.99. The Labute approximate surface area is 121 Å². The Morgan fingerprint density at radius 3 is 2.72 bits per heavy atom. The summed E-state index contributed by atoms with van der Waals surface area (Å²) in [5, 5.41) is 0.368. The van der Waals surface area contributed by atoms with E-state index in [0.29, 0.717) is 11.3 Å². The van der Waals surface area contributed by atoms with Gasteiger partial charge in [0.25, 0.3) is 0 Å². The van der Waals surface area contributed by atoms with Crippen LogP contribution in [0.5, 0.6) is 0 Å². The fourth-order valence-corrected chi connectivity index (χ4v) is 3.68. The molecule has 2 heterocycles. The van der Waals surface area contributed by atoms with E-state index in [1.165, 1.54) is 35.4 Å². The van der Waals surface area contributed by atoms with Crippen LogP contribution < -0.4 is 14.3 Å². The fraction of sp³-hybridized carbons (Fsp3) is 0.667. The zero-order chi connectivity index (χ0) is 12.9. The van der Waals surface area contributed by atoms with Gasteiger partial charge in [-0.15, -0.1) is 0 Å². The third-order valence-electron chi connectivity index (χ3n) is 3.58. The average Bonchev–Trinajstić information content (AvgIpc) is 2.99. The van der Waals surface area contributed by atoms with Crippen molar-refractivity contribution in [2.45, 2.75) is 32.7 Å². The molecule has 0 radical (unpaired) electrons. The van der Waals surface area contributed by atoms with Crippen molar-refractivity contribution in [3.8, 4) is 0 Å². The van der Waals surface area contributed by atoms with Crippen LogP contribution in [-0.2, 0) is 0 Å². The van der Waals surface area contributed by atoms with Gasteiger partial charge in [0.05, 0.1) is 0 Å². The Morgan fingerprint density at radius 1 is 1.39 bits per heavy atom. The summed E-state index contributed by atoms with van der Waals surface area (Å²) in [4.78, 5) is 13.5. The van der Waals surface area contributed by atoms with Crippen molar-refractivity contribution in [3.05, 3.63) is 5.28 Å². The number of hydrogen-bond acceptors (Lipinski definition) is 4. The molecule has 0 bridgehead atoms. The Morgan fingerprint density at radius 2 is 2.11 bits per heavy atom. The summed E-state index contributed by atoms with van der Waals surface area (Å²) >= 11 is 7.53. The second kappa shape index (κ2) is 4.57. The maximum absolute atomic E-state index is 6.01. The molecule has 1 fully saturated rings. The Kier molecular flexibility index (Phi) is 3.19. The van der Waals surface area contributed by atoms with E-state index in [0.717, 1.165) is 29.4 Å². The molecule has 18 heavy (non-hydrogen) atoms. The van der Waals surface area contributed by atoms with Crippen molar-refractivity contribution in [1.82, 2.24) is 9.97 Å². The van der Waals surface area contributed by atoms with Crippen LogP contribution in [0, 0.1) is 5.92 Å². The Balaban J connectivity index is 1.99. The first-order valence-electron chi connectivity index (χ1n) is 6.41. The number of halogens is 1. The molecule has 0 N–H and O–H groups in total. The molecule has 0 spiro atoms. The molecule has 1 saturated carbocycles. The van der Waals surface area contributed by atoms with Crippen LogP contribution in [0.25, 0.3) is 0 Å². The third kappa shape index (κ3) is 2.21. The summed E-state index contributed by atoms with van der Waals surface area (Å²) in [5.41, 5.74) is 1.21. The van der Waals surface area contributed by atoms with Crippen LogP contribution >= 0.6 is 11.6 Å². The van der Waals surface area contributed by atoms with Crippen molar-refractivity contribution >= 4 is 44.4 Å².